The zero-order chi connectivity index (χ0) is 20.4. The molecule has 6 nitrogen and oxygen atoms in total. The van der Waals surface area contributed by atoms with Gasteiger partial charge in [0.15, 0.2) is 0 Å². The third-order valence-corrected chi connectivity index (χ3v) is 5.17. The largest absolute Gasteiger partial charge is 0.419 e. The molecule has 146 valence electrons. The number of rotatable bonds is 3. The highest BCUT2D eigenvalue weighted by atomic mass is 35.5. The second kappa shape index (κ2) is 7.98. The van der Waals surface area contributed by atoms with Crippen molar-refractivity contribution in [3.05, 3.63) is 70.4 Å². The Kier molecular flexibility index (Phi) is 5.24. The summed E-state index contributed by atoms with van der Waals surface area (Å²) in [6.07, 6.45) is 0. The van der Waals surface area contributed by atoms with Crippen LogP contribution in [-0.2, 0) is 0 Å². The Morgan fingerprint density at radius 1 is 1.14 bits per heavy atom. The molecular weight excluding hydrogens is 388 g/mol. The minimum Gasteiger partial charge on any atom is -0.419 e. The summed E-state index contributed by atoms with van der Waals surface area (Å²) < 4.78 is 5.91. The predicted molar refractivity (Wildman–Crippen MR) is 111 cm³/mol. The minimum absolute atomic E-state index is 0.0161. The van der Waals surface area contributed by atoms with E-state index in [1.165, 1.54) is 0 Å². The molecule has 3 aromatic rings. The number of benzene rings is 2. The highest BCUT2D eigenvalue weighted by Crippen LogP contribution is 2.30. The zero-order valence-corrected chi connectivity index (χ0v) is 16.7. The van der Waals surface area contributed by atoms with Crippen LogP contribution in [0.1, 0.15) is 21.6 Å². The van der Waals surface area contributed by atoms with Crippen LogP contribution in [0, 0.1) is 18.3 Å². The van der Waals surface area contributed by atoms with Crippen LogP contribution in [0.5, 0.6) is 0 Å². The van der Waals surface area contributed by atoms with Crippen LogP contribution >= 0.6 is 11.6 Å². The van der Waals surface area contributed by atoms with Gasteiger partial charge in [0, 0.05) is 42.3 Å². The fourth-order valence-electron chi connectivity index (χ4n) is 3.34. The van der Waals surface area contributed by atoms with Crippen molar-refractivity contribution in [3.8, 4) is 17.5 Å². The van der Waals surface area contributed by atoms with Gasteiger partial charge in [-0.1, -0.05) is 35.4 Å². The minimum atomic E-state index is 0.0161. The van der Waals surface area contributed by atoms with Crippen LogP contribution in [0.25, 0.3) is 11.5 Å². The van der Waals surface area contributed by atoms with Crippen molar-refractivity contribution in [2.75, 3.05) is 31.1 Å². The fraction of sp³-hybridized carbons (Fsp3) is 0.227. The van der Waals surface area contributed by atoms with E-state index >= 15 is 0 Å². The van der Waals surface area contributed by atoms with E-state index in [2.05, 4.69) is 11.1 Å². The van der Waals surface area contributed by atoms with E-state index in [4.69, 9.17) is 16.0 Å². The van der Waals surface area contributed by atoms with Crippen LogP contribution in [-0.4, -0.2) is 42.0 Å². The van der Waals surface area contributed by atoms with E-state index in [1.54, 1.807) is 12.1 Å². The van der Waals surface area contributed by atoms with Crippen molar-refractivity contribution >= 4 is 23.4 Å². The lowest BCUT2D eigenvalue weighted by Crippen LogP contribution is -2.48. The standard InChI is InChI=1S/C22H19ClN4O2/c1-15-5-7-16(8-6-15)21(28)26-9-11-27(12-10-26)22-19(14-24)25-20(29-22)17-3-2-4-18(23)13-17/h2-8,13H,9-12H2,1H3. The highest BCUT2D eigenvalue weighted by molar-refractivity contribution is 6.30. The van der Waals surface area contributed by atoms with Crippen LogP contribution in [0.2, 0.25) is 5.02 Å². The monoisotopic (exact) mass is 406 g/mol. The molecule has 1 amide bonds. The Hall–Kier alpha value is -3.30. The first-order valence-electron chi connectivity index (χ1n) is 9.33. The summed E-state index contributed by atoms with van der Waals surface area (Å²) in [5.74, 6) is 0.810. The van der Waals surface area contributed by atoms with E-state index < -0.39 is 0 Å². The SMILES string of the molecule is Cc1ccc(C(=O)N2CCN(c3oc(-c4cccc(Cl)c4)nc3C#N)CC2)cc1. The van der Waals surface area contributed by atoms with Crippen molar-refractivity contribution in [3.63, 3.8) is 0 Å². The highest BCUT2D eigenvalue weighted by Gasteiger charge is 2.27. The molecule has 1 saturated heterocycles. The first kappa shape index (κ1) is 19.0. The van der Waals surface area contributed by atoms with Gasteiger partial charge in [-0.05, 0) is 37.3 Å². The fourth-order valence-corrected chi connectivity index (χ4v) is 3.53. The number of halogens is 1. The average molecular weight is 407 g/mol. The summed E-state index contributed by atoms with van der Waals surface area (Å²) in [4.78, 5) is 20.8. The molecule has 7 heteroatoms. The molecule has 0 radical (unpaired) electrons. The van der Waals surface area contributed by atoms with Gasteiger partial charge in [0.05, 0.1) is 0 Å². The number of carbonyl (C=O) groups excluding carboxylic acids is 1. The van der Waals surface area contributed by atoms with E-state index in [0.29, 0.717) is 54.1 Å². The molecule has 0 spiro atoms. The molecule has 2 aromatic carbocycles. The quantitative estimate of drug-likeness (QED) is 0.653. The van der Waals surface area contributed by atoms with Crippen molar-refractivity contribution in [2.24, 2.45) is 0 Å². The lowest BCUT2D eigenvalue weighted by molar-refractivity contribution is 0.0745. The van der Waals surface area contributed by atoms with E-state index in [1.807, 2.05) is 53.1 Å². The van der Waals surface area contributed by atoms with Gasteiger partial charge in [0.25, 0.3) is 5.91 Å². The molecule has 1 aromatic heterocycles. The second-order valence-corrected chi connectivity index (χ2v) is 7.38. The van der Waals surface area contributed by atoms with Gasteiger partial charge in [0.1, 0.15) is 6.07 Å². The van der Waals surface area contributed by atoms with E-state index in [9.17, 15) is 10.1 Å². The number of nitrogens with zero attached hydrogens (tertiary/aromatic N) is 4. The summed E-state index contributed by atoms with van der Waals surface area (Å²) >= 11 is 6.05. The molecule has 0 bridgehead atoms. The van der Waals surface area contributed by atoms with Gasteiger partial charge in [-0.2, -0.15) is 10.2 Å². The smallest absolute Gasteiger partial charge is 0.253 e. The number of amides is 1. The number of aryl methyl sites for hydroxylation is 1. The topological polar surface area (TPSA) is 73.4 Å². The van der Waals surface area contributed by atoms with Crippen LogP contribution in [0.15, 0.2) is 52.9 Å². The lowest BCUT2D eigenvalue weighted by Gasteiger charge is -2.34. The zero-order valence-electron chi connectivity index (χ0n) is 15.9. The molecule has 0 unspecified atom stereocenters. The molecule has 1 aliphatic heterocycles. The Balaban J connectivity index is 1.49. The van der Waals surface area contributed by atoms with Crippen LogP contribution in [0.3, 0.4) is 0 Å². The molecule has 1 aliphatic rings. The Morgan fingerprint density at radius 2 is 1.86 bits per heavy atom. The van der Waals surface area contributed by atoms with Gasteiger partial charge in [0.2, 0.25) is 17.5 Å². The van der Waals surface area contributed by atoms with Crippen LogP contribution in [0.4, 0.5) is 5.88 Å². The molecule has 0 saturated carbocycles. The van der Waals surface area contributed by atoms with Crippen molar-refractivity contribution in [1.82, 2.24) is 9.88 Å². The number of hydrogen-bond acceptors (Lipinski definition) is 5. The van der Waals surface area contributed by atoms with Crippen molar-refractivity contribution < 1.29 is 9.21 Å². The average Bonchev–Trinajstić information content (AvgIpc) is 3.18. The van der Waals surface area contributed by atoms with Gasteiger partial charge >= 0.3 is 0 Å². The maximum atomic E-state index is 12.7. The summed E-state index contributed by atoms with van der Waals surface area (Å²) in [7, 11) is 0. The number of piperazine rings is 1. The van der Waals surface area contributed by atoms with Gasteiger partial charge in [-0.25, -0.2) is 0 Å². The summed E-state index contributed by atoms with van der Waals surface area (Å²) in [6, 6.07) is 16.8. The van der Waals surface area contributed by atoms with E-state index in [-0.39, 0.29) is 11.6 Å². The predicted octanol–water partition coefficient (Wildman–Crippen LogP) is 4.14. The first-order chi connectivity index (χ1) is 14.0. The summed E-state index contributed by atoms with van der Waals surface area (Å²) in [5.41, 5.74) is 2.76. The maximum absolute atomic E-state index is 12.7. The van der Waals surface area contributed by atoms with Crippen LogP contribution < -0.4 is 4.90 Å². The first-order valence-corrected chi connectivity index (χ1v) is 9.70. The molecule has 0 aliphatic carbocycles. The Labute approximate surface area is 173 Å². The molecule has 0 atom stereocenters. The number of oxazole rings is 1. The number of hydrogen-bond donors (Lipinski definition) is 0. The normalized spacial score (nSPS) is 14.0. The molecule has 2 heterocycles. The number of aromatic nitrogens is 1. The maximum Gasteiger partial charge on any atom is 0.253 e. The Bertz CT molecular complexity index is 1080. The van der Waals surface area contributed by atoms with Crippen molar-refractivity contribution in [2.45, 2.75) is 6.92 Å². The third kappa shape index (κ3) is 3.96. The summed E-state index contributed by atoms with van der Waals surface area (Å²) in [6.45, 7) is 4.22. The van der Waals surface area contributed by atoms with Gasteiger partial charge < -0.3 is 14.2 Å². The molecule has 0 N–H and O–H groups in total. The molecule has 4 rings (SSSR count). The number of anilines is 1. The van der Waals surface area contributed by atoms with E-state index in [0.717, 1.165) is 5.56 Å². The molecular formula is C22H19ClN4O2. The molecule has 1 fully saturated rings. The van der Waals surface area contributed by atoms with Crippen molar-refractivity contribution in [1.29, 1.82) is 5.26 Å². The lowest BCUT2D eigenvalue weighted by atomic mass is 10.1. The van der Waals surface area contributed by atoms with Gasteiger partial charge in [-0.3, -0.25) is 4.79 Å². The second-order valence-electron chi connectivity index (χ2n) is 6.94. The molecule has 29 heavy (non-hydrogen) atoms. The Morgan fingerprint density at radius 3 is 2.52 bits per heavy atom. The summed E-state index contributed by atoms with van der Waals surface area (Å²) in [5, 5.41) is 10.1. The number of nitriles is 1. The third-order valence-electron chi connectivity index (χ3n) is 4.94. The van der Waals surface area contributed by atoms with Gasteiger partial charge in [-0.15, -0.1) is 0 Å². The number of carbonyl (C=O) groups is 1.